The fraction of sp³-hybridized carbons (Fsp3) is 0.636. The minimum Gasteiger partial charge on any atom is -0.351 e. The Balaban J connectivity index is 1.96. The lowest BCUT2D eigenvalue weighted by molar-refractivity contribution is 0.0628. The lowest BCUT2D eigenvalue weighted by atomic mass is 9.95. The zero-order valence-electron chi connectivity index (χ0n) is 9.26. The van der Waals surface area contributed by atoms with Crippen molar-refractivity contribution in [1.29, 1.82) is 0 Å². The minimum absolute atomic E-state index is 0.0563. The molecule has 5 nitrogen and oxygen atoms in total. The Labute approximate surface area is 94.6 Å². The molecule has 1 unspecified atom stereocenters. The first-order valence-electron chi connectivity index (χ1n) is 5.71. The first-order chi connectivity index (χ1) is 7.81. The van der Waals surface area contributed by atoms with E-state index in [4.69, 9.17) is 10.3 Å². The van der Waals surface area contributed by atoms with Gasteiger partial charge in [-0.2, -0.15) is 0 Å². The van der Waals surface area contributed by atoms with Crippen LogP contribution in [0.3, 0.4) is 0 Å². The summed E-state index contributed by atoms with van der Waals surface area (Å²) in [5.74, 6) is 0.804. The largest absolute Gasteiger partial charge is 0.351 e. The van der Waals surface area contributed by atoms with Crippen LogP contribution in [0.25, 0.3) is 0 Å². The quantitative estimate of drug-likeness (QED) is 0.825. The number of aromatic nitrogens is 1. The number of hydrogen-bond donors (Lipinski definition) is 1. The number of amides is 1. The molecule has 1 fully saturated rings. The summed E-state index contributed by atoms with van der Waals surface area (Å²) in [7, 11) is 0. The second kappa shape index (κ2) is 5.12. The molecule has 1 saturated heterocycles. The van der Waals surface area contributed by atoms with E-state index in [0.717, 1.165) is 32.4 Å². The average Bonchev–Trinajstić information content (AvgIpc) is 2.82. The van der Waals surface area contributed by atoms with E-state index in [0.29, 0.717) is 18.2 Å². The van der Waals surface area contributed by atoms with Gasteiger partial charge in [0.2, 0.25) is 5.76 Å². The van der Waals surface area contributed by atoms with E-state index in [1.54, 1.807) is 6.07 Å². The SMILES string of the molecule is NCCC1CCCN(C(=O)c2ccno2)C1. The molecule has 0 radical (unpaired) electrons. The van der Waals surface area contributed by atoms with Gasteiger partial charge in [0.15, 0.2) is 0 Å². The molecular formula is C11H17N3O2. The Morgan fingerprint density at radius 1 is 1.69 bits per heavy atom. The third-order valence-corrected chi connectivity index (χ3v) is 3.03. The van der Waals surface area contributed by atoms with Gasteiger partial charge in [0, 0.05) is 19.2 Å². The highest BCUT2D eigenvalue weighted by atomic mass is 16.5. The first kappa shape index (κ1) is 11.1. The molecule has 0 spiro atoms. The van der Waals surface area contributed by atoms with E-state index in [9.17, 15) is 4.79 Å². The number of piperidine rings is 1. The van der Waals surface area contributed by atoms with Crippen molar-refractivity contribution in [1.82, 2.24) is 10.1 Å². The van der Waals surface area contributed by atoms with Crippen LogP contribution >= 0.6 is 0 Å². The van der Waals surface area contributed by atoms with E-state index >= 15 is 0 Å². The van der Waals surface area contributed by atoms with Gasteiger partial charge in [-0.3, -0.25) is 4.79 Å². The maximum atomic E-state index is 12.0. The third-order valence-electron chi connectivity index (χ3n) is 3.03. The van der Waals surface area contributed by atoms with E-state index in [-0.39, 0.29) is 5.91 Å². The van der Waals surface area contributed by atoms with Crippen LogP contribution < -0.4 is 5.73 Å². The number of hydrogen-bond acceptors (Lipinski definition) is 4. The van der Waals surface area contributed by atoms with Gasteiger partial charge in [0.05, 0.1) is 6.20 Å². The minimum atomic E-state index is -0.0563. The Morgan fingerprint density at radius 3 is 3.25 bits per heavy atom. The van der Waals surface area contributed by atoms with Gasteiger partial charge in [-0.05, 0) is 31.7 Å². The summed E-state index contributed by atoms with van der Waals surface area (Å²) < 4.78 is 4.88. The van der Waals surface area contributed by atoms with Crippen LogP contribution in [-0.2, 0) is 0 Å². The van der Waals surface area contributed by atoms with Crippen molar-refractivity contribution in [2.75, 3.05) is 19.6 Å². The maximum absolute atomic E-state index is 12.0. The molecule has 0 aliphatic carbocycles. The fourth-order valence-electron chi connectivity index (χ4n) is 2.20. The molecule has 88 valence electrons. The molecule has 0 saturated carbocycles. The van der Waals surface area contributed by atoms with E-state index in [2.05, 4.69) is 5.16 Å². The molecule has 2 N–H and O–H groups in total. The molecule has 1 aliphatic heterocycles. The van der Waals surface area contributed by atoms with E-state index in [1.807, 2.05) is 4.90 Å². The molecule has 2 rings (SSSR count). The molecular weight excluding hydrogens is 206 g/mol. The highest BCUT2D eigenvalue weighted by Gasteiger charge is 2.25. The molecule has 16 heavy (non-hydrogen) atoms. The van der Waals surface area contributed by atoms with Crippen LogP contribution in [0.4, 0.5) is 0 Å². The second-order valence-corrected chi connectivity index (χ2v) is 4.21. The summed E-state index contributed by atoms with van der Waals surface area (Å²) in [6.45, 7) is 2.28. The number of likely N-dealkylation sites (tertiary alicyclic amines) is 1. The Morgan fingerprint density at radius 2 is 2.56 bits per heavy atom. The second-order valence-electron chi connectivity index (χ2n) is 4.21. The van der Waals surface area contributed by atoms with Crippen molar-refractivity contribution in [2.24, 2.45) is 11.7 Å². The van der Waals surface area contributed by atoms with Crippen molar-refractivity contribution in [3.63, 3.8) is 0 Å². The van der Waals surface area contributed by atoms with Gasteiger partial charge < -0.3 is 15.2 Å². The summed E-state index contributed by atoms with van der Waals surface area (Å²) in [4.78, 5) is 13.8. The Bertz CT molecular complexity index is 335. The van der Waals surface area contributed by atoms with Gasteiger partial charge in [0.25, 0.3) is 5.91 Å². The van der Waals surface area contributed by atoms with Gasteiger partial charge in [0.1, 0.15) is 0 Å². The van der Waals surface area contributed by atoms with Crippen molar-refractivity contribution >= 4 is 5.91 Å². The molecule has 1 atom stereocenters. The van der Waals surface area contributed by atoms with Crippen LogP contribution in [0.2, 0.25) is 0 Å². The molecule has 5 heteroatoms. The fourth-order valence-corrected chi connectivity index (χ4v) is 2.20. The lowest BCUT2D eigenvalue weighted by Crippen LogP contribution is -2.40. The summed E-state index contributed by atoms with van der Waals surface area (Å²) in [6.07, 6.45) is 4.69. The summed E-state index contributed by atoms with van der Waals surface area (Å²) >= 11 is 0. The third kappa shape index (κ3) is 2.41. The zero-order valence-corrected chi connectivity index (χ0v) is 9.26. The monoisotopic (exact) mass is 223 g/mol. The number of carbonyl (C=O) groups is 1. The van der Waals surface area contributed by atoms with E-state index < -0.39 is 0 Å². The number of nitrogens with zero attached hydrogens (tertiary/aromatic N) is 2. The van der Waals surface area contributed by atoms with Crippen molar-refractivity contribution in [3.05, 3.63) is 18.0 Å². The van der Waals surface area contributed by atoms with Gasteiger partial charge in [-0.1, -0.05) is 5.16 Å². The Kier molecular flexibility index (Phi) is 3.56. The van der Waals surface area contributed by atoms with Crippen LogP contribution in [-0.4, -0.2) is 35.6 Å². The molecule has 0 bridgehead atoms. The first-order valence-corrected chi connectivity index (χ1v) is 5.71. The number of nitrogens with two attached hydrogens (primary N) is 1. The molecule has 0 aromatic carbocycles. The molecule has 1 aromatic rings. The van der Waals surface area contributed by atoms with Gasteiger partial charge in [-0.15, -0.1) is 0 Å². The number of rotatable bonds is 3. The van der Waals surface area contributed by atoms with Crippen molar-refractivity contribution < 1.29 is 9.32 Å². The smallest absolute Gasteiger partial charge is 0.292 e. The molecule has 1 amide bonds. The van der Waals surface area contributed by atoms with Crippen molar-refractivity contribution in [2.45, 2.75) is 19.3 Å². The predicted octanol–water partition coefficient (Wildman–Crippen LogP) is 0.876. The van der Waals surface area contributed by atoms with Crippen molar-refractivity contribution in [3.8, 4) is 0 Å². The van der Waals surface area contributed by atoms with Gasteiger partial charge in [-0.25, -0.2) is 0 Å². The normalized spacial score (nSPS) is 21.1. The highest BCUT2D eigenvalue weighted by molar-refractivity contribution is 5.91. The standard InChI is InChI=1S/C11H17N3O2/c12-5-3-9-2-1-7-14(8-9)11(15)10-4-6-13-16-10/h4,6,9H,1-3,5,7-8,12H2. The van der Waals surface area contributed by atoms with Crippen LogP contribution in [0.5, 0.6) is 0 Å². The topological polar surface area (TPSA) is 72.4 Å². The summed E-state index contributed by atoms with van der Waals surface area (Å²) in [5.41, 5.74) is 5.54. The predicted molar refractivity (Wildman–Crippen MR) is 58.8 cm³/mol. The molecule has 2 heterocycles. The average molecular weight is 223 g/mol. The zero-order chi connectivity index (χ0) is 11.4. The Hall–Kier alpha value is -1.36. The van der Waals surface area contributed by atoms with Crippen LogP contribution in [0.15, 0.2) is 16.8 Å². The van der Waals surface area contributed by atoms with Crippen LogP contribution in [0, 0.1) is 5.92 Å². The molecule has 1 aromatic heterocycles. The molecule has 1 aliphatic rings. The highest BCUT2D eigenvalue weighted by Crippen LogP contribution is 2.20. The summed E-state index contributed by atoms with van der Waals surface area (Å²) in [5, 5.41) is 3.55. The number of carbonyl (C=O) groups excluding carboxylic acids is 1. The van der Waals surface area contributed by atoms with Gasteiger partial charge >= 0.3 is 0 Å². The van der Waals surface area contributed by atoms with E-state index in [1.165, 1.54) is 6.20 Å². The lowest BCUT2D eigenvalue weighted by Gasteiger charge is -2.31. The maximum Gasteiger partial charge on any atom is 0.292 e. The van der Waals surface area contributed by atoms with Crippen LogP contribution in [0.1, 0.15) is 29.8 Å². The summed E-state index contributed by atoms with van der Waals surface area (Å²) in [6, 6.07) is 1.61.